The lowest BCUT2D eigenvalue weighted by Gasteiger charge is -2.30. The summed E-state index contributed by atoms with van der Waals surface area (Å²) in [5.41, 5.74) is -0.162. The highest BCUT2D eigenvalue weighted by Crippen LogP contribution is 2.34. The molecule has 1 rings (SSSR count). The molecule has 1 aliphatic rings. The van der Waals surface area contributed by atoms with Crippen LogP contribution in [0.4, 0.5) is 0 Å². The molecule has 0 saturated heterocycles. The van der Waals surface area contributed by atoms with Gasteiger partial charge in [0.15, 0.2) is 5.78 Å². The summed E-state index contributed by atoms with van der Waals surface area (Å²) in [6.07, 6.45) is 2.95. The van der Waals surface area contributed by atoms with Gasteiger partial charge in [0.1, 0.15) is 0 Å². The quantitative estimate of drug-likeness (QED) is 0.498. The van der Waals surface area contributed by atoms with Crippen LogP contribution in [-0.4, -0.2) is 11.2 Å². The number of alkyl halides is 1. The molecule has 0 amide bonds. The number of ketones is 1. The predicted octanol–water partition coefficient (Wildman–Crippen LogP) is 2.37. The Morgan fingerprint density at radius 2 is 2.20 bits per heavy atom. The van der Waals surface area contributed by atoms with E-state index in [2.05, 4.69) is 0 Å². The van der Waals surface area contributed by atoms with Gasteiger partial charge in [-0.15, -0.1) is 11.6 Å². The fourth-order valence-electron chi connectivity index (χ4n) is 1.40. The van der Waals surface area contributed by atoms with Crippen LogP contribution in [0.3, 0.4) is 0 Å². The molecule has 1 saturated carbocycles. The van der Waals surface area contributed by atoms with Crippen LogP contribution in [0.15, 0.2) is 0 Å². The topological polar surface area (TPSA) is 17.1 Å². The van der Waals surface area contributed by atoms with Crippen LogP contribution in [0.5, 0.6) is 0 Å². The largest absolute Gasteiger partial charge is 0.297 e. The minimum Gasteiger partial charge on any atom is -0.297 e. The predicted molar refractivity (Wildman–Crippen MR) is 42.3 cm³/mol. The highest BCUT2D eigenvalue weighted by Gasteiger charge is 2.35. The standard InChI is InChI=1S/C8H13ClO/c1-8(2)5-3-4-6(9)7(8)10/h6H,3-5H2,1-2H3. The third-order valence-corrected chi connectivity index (χ3v) is 2.63. The van der Waals surface area contributed by atoms with E-state index in [9.17, 15) is 4.79 Å². The van der Waals surface area contributed by atoms with E-state index >= 15 is 0 Å². The molecule has 0 aliphatic heterocycles. The molecule has 1 unspecified atom stereocenters. The van der Waals surface area contributed by atoms with Gasteiger partial charge in [0.2, 0.25) is 0 Å². The van der Waals surface area contributed by atoms with Crippen molar-refractivity contribution in [3.8, 4) is 0 Å². The molecular weight excluding hydrogens is 148 g/mol. The number of hydrogen-bond donors (Lipinski definition) is 0. The SMILES string of the molecule is CC1(C)CCCC(Cl)C1=O. The minimum atomic E-state index is -0.219. The molecular formula is C8H13ClO. The van der Waals surface area contributed by atoms with Gasteiger partial charge in [0.05, 0.1) is 5.38 Å². The van der Waals surface area contributed by atoms with Crippen LogP contribution in [0.25, 0.3) is 0 Å². The molecule has 0 aromatic carbocycles. The highest BCUT2D eigenvalue weighted by molar-refractivity contribution is 6.32. The summed E-state index contributed by atoms with van der Waals surface area (Å²) >= 11 is 5.80. The van der Waals surface area contributed by atoms with E-state index in [-0.39, 0.29) is 16.6 Å². The second-order valence-electron chi connectivity index (χ2n) is 3.61. The zero-order valence-corrected chi connectivity index (χ0v) is 7.24. The lowest BCUT2D eigenvalue weighted by Crippen LogP contribution is -2.35. The Labute approximate surface area is 66.8 Å². The van der Waals surface area contributed by atoms with Gasteiger partial charge in [-0.2, -0.15) is 0 Å². The van der Waals surface area contributed by atoms with Gasteiger partial charge < -0.3 is 0 Å². The van der Waals surface area contributed by atoms with Crippen molar-refractivity contribution in [2.24, 2.45) is 5.41 Å². The molecule has 1 nitrogen and oxygen atoms in total. The van der Waals surface area contributed by atoms with E-state index in [1.807, 2.05) is 13.8 Å². The molecule has 58 valence electrons. The molecule has 1 fully saturated rings. The molecule has 0 N–H and O–H groups in total. The number of carbonyl (C=O) groups is 1. The second-order valence-corrected chi connectivity index (χ2v) is 4.13. The summed E-state index contributed by atoms with van der Waals surface area (Å²) < 4.78 is 0. The summed E-state index contributed by atoms with van der Waals surface area (Å²) in [6.45, 7) is 3.95. The average molecular weight is 161 g/mol. The normalized spacial score (nSPS) is 32.3. The van der Waals surface area contributed by atoms with Crippen molar-refractivity contribution < 1.29 is 4.79 Å². The number of rotatable bonds is 0. The summed E-state index contributed by atoms with van der Waals surface area (Å²) in [5, 5.41) is -0.219. The zero-order chi connectivity index (χ0) is 7.78. The van der Waals surface area contributed by atoms with Crippen LogP contribution < -0.4 is 0 Å². The maximum Gasteiger partial charge on any atom is 0.156 e. The molecule has 1 atom stereocenters. The third-order valence-electron chi connectivity index (χ3n) is 2.21. The zero-order valence-electron chi connectivity index (χ0n) is 6.48. The highest BCUT2D eigenvalue weighted by atomic mass is 35.5. The Bertz CT molecular complexity index is 151. The van der Waals surface area contributed by atoms with Crippen molar-refractivity contribution in [2.45, 2.75) is 38.5 Å². The first-order valence-electron chi connectivity index (χ1n) is 3.72. The second kappa shape index (κ2) is 2.54. The molecule has 2 heteroatoms. The van der Waals surface area contributed by atoms with Crippen LogP contribution >= 0.6 is 11.6 Å². The van der Waals surface area contributed by atoms with Gasteiger partial charge >= 0.3 is 0 Å². The number of halogens is 1. The van der Waals surface area contributed by atoms with Gasteiger partial charge in [-0.1, -0.05) is 20.3 Å². The van der Waals surface area contributed by atoms with Gasteiger partial charge in [-0.05, 0) is 12.8 Å². The molecule has 0 radical (unpaired) electrons. The molecule has 0 spiro atoms. The van der Waals surface area contributed by atoms with E-state index in [0.717, 1.165) is 19.3 Å². The fraction of sp³-hybridized carbons (Fsp3) is 0.875. The van der Waals surface area contributed by atoms with E-state index in [1.54, 1.807) is 0 Å². The number of hydrogen-bond acceptors (Lipinski definition) is 1. The Hall–Kier alpha value is -0.0400. The van der Waals surface area contributed by atoms with Crippen molar-refractivity contribution in [1.29, 1.82) is 0 Å². The smallest absolute Gasteiger partial charge is 0.156 e. The van der Waals surface area contributed by atoms with Gasteiger partial charge in [0, 0.05) is 5.41 Å². The van der Waals surface area contributed by atoms with Crippen molar-refractivity contribution in [2.75, 3.05) is 0 Å². The first-order valence-corrected chi connectivity index (χ1v) is 4.16. The summed E-state index contributed by atoms with van der Waals surface area (Å²) in [4.78, 5) is 11.3. The lowest BCUT2D eigenvalue weighted by atomic mass is 9.76. The Kier molecular flexibility index (Phi) is 2.04. The molecule has 1 aliphatic carbocycles. The van der Waals surface area contributed by atoms with Gasteiger partial charge in [0.25, 0.3) is 0 Å². The van der Waals surface area contributed by atoms with Crippen molar-refractivity contribution >= 4 is 17.4 Å². The Morgan fingerprint density at radius 3 is 2.60 bits per heavy atom. The van der Waals surface area contributed by atoms with Gasteiger partial charge in [-0.25, -0.2) is 0 Å². The third kappa shape index (κ3) is 1.34. The Morgan fingerprint density at radius 1 is 1.60 bits per heavy atom. The van der Waals surface area contributed by atoms with Crippen molar-refractivity contribution in [3.63, 3.8) is 0 Å². The number of carbonyl (C=O) groups excluding carboxylic acids is 1. The summed E-state index contributed by atoms with van der Waals surface area (Å²) in [7, 11) is 0. The summed E-state index contributed by atoms with van der Waals surface area (Å²) in [6, 6.07) is 0. The van der Waals surface area contributed by atoms with Crippen molar-refractivity contribution in [1.82, 2.24) is 0 Å². The molecule has 0 aromatic heterocycles. The van der Waals surface area contributed by atoms with E-state index in [4.69, 9.17) is 11.6 Å². The fourth-order valence-corrected chi connectivity index (χ4v) is 1.85. The summed E-state index contributed by atoms with van der Waals surface area (Å²) in [5.74, 6) is 0.223. The molecule has 0 bridgehead atoms. The molecule has 10 heavy (non-hydrogen) atoms. The van der Waals surface area contributed by atoms with Crippen LogP contribution in [0.1, 0.15) is 33.1 Å². The first-order chi connectivity index (χ1) is 4.54. The van der Waals surface area contributed by atoms with Crippen LogP contribution in [-0.2, 0) is 4.79 Å². The first kappa shape index (κ1) is 8.06. The molecule has 0 aromatic rings. The maximum absolute atomic E-state index is 11.3. The number of Topliss-reactive ketones (excluding diaryl/α,β-unsaturated/α-hetero) is 1. The lowest BCUT2D eigenvalue weighted by molar-refractivity contribution is -0.128. The Balaban J connectivity index is 2.70. The maximum atomic E-state index is 11.3. The minimum absolute atomic E-state index is 0.162. The monoisotopic (exact) mass is 160 g/mol. The van der Waals surface area contributed by atoms with Crippen molar-refractivity contribution in [3.05, 3.63) is 0 Å². The van der Waals surface area contributed by atoms with Gasteiger partial charge in [-0.3, -0.25) is 4.79 Å². The van der Waals surface area contributed by atoms with Crippen LogP contribution in [0.2, 0.25) is 0 Å². The average Bonchev–Trinajstić information content (AvgIpc) is 1.83. The van der Waals surface area contributed by atoms with E-state index in [0.29, 0.717) is 0 Å². The van der Waals surface area contributed by atoms with E-state index in [1.165, 1.54) is 0 Å². The molecule has 0 heterocycles. The van der Waals surface area contributed by atoms with Crippen LogP contribution in [0, 0.1) is 5.41 Å². The van der Waals surface area contributed by atoms with E-state index < -0.39 is 0 Å².